The zero-order chi connectivity index (χ0) is 17.7. The highest BCUT2D eigenvalue weighted by molar-refractivity contribution is 5.96. The molecule has 0 saturated carbocycles. The van der Waals surface area contributed by atoms with E-state index in [1.807, 2.05) is 54.6 Å². The highest BCUT2D eigenvalue weighted by Crippen LogP contribution is 2.32. The first-order valence-electron chi connectivity index (χ1n) is 8.78. The van der Waals surface area contributed by atoms with Crippen LogP contribution in [0.5, 0.6) is 5.75 Å². The zero-order valence-electron chi connectivity index (χ0n) is 14.6. The molecule has 0 atom stereocenters. The summed E-state index contributed by atoms with van der Waals surface area (Å²) in [6.07, 6.45) is 1.90. The molecule has 1 fully saturated rings. The molecule has 0 bridgehead atoms. The second-order valence-electron chi connectivity index (χ2n) is 6.64. The molecule has 2 aromatic carbocycles. The predicted octanol–water partition coefficient (Wildman–Crippen LogP) is 3.25. The number of ketones is 1. The second kappa shape index (κ2) is 7.81. The third-order valence-corrected chi connectivity index (χ3v) is 5.06. The maximum Gasteiger partial charge on any atom is 0.164 e. The van der Waals surface area contributed by atoms with E-state index in [4.69, 9.17) is 4.74 Å². The fourth-order valence-corrected chi connectivity index (χ4v) is 3.36. The van der Waals surface area contributed by atoms with Crippen molar-refractivity contribution in [3.05, 3.63) is 65.7 Å². The van der Waals surface area contributed by atoms with E-state index in [1.165, 1.54) is 0 Å². The molecule has 4 heteroatoms. The summed E-state index contributed by atoms with van der Waals surface area (Å²) in [5.74, 6) is 0.902. The summed E-state index contributed by atoms with van der Waals surface area (Å²) >= 11 is 0. The van der Waals surface area contributed by atoms with E-state index >= 15 is 0 Å². The highest BCUT2D eigenvalue weighted by atomic mass is 16.5. The molecule has 25 heavy (non-hydrogen) atoms. The van der Waals surface area contributed by atoms with Crippen molar-refractivity contribution < 1.29 is 14.6 Å². The molecule has 1 aliphatic heterocycles. The molecule has 0 radical (unpaired) electrons. The van der Waals surface area contributed by atoms with Crippen LogP contribution in [0.2, 0.25) is 0 Å². The first-order valence-corrected chi connectivity index (χ1v) is 8.78. The summed E-state index contributed by atoms with van der Waals surface area (Å²) in [4.78, 5) is 14.6. The van der Waals surface area contributed by atoms with Gasteiger partial charge in [0.15, 0.2) is 5.78 Å². The molecule has 0 unspecified atom stereocenters. The van der Waals surface area contributed by atoms with Crippen LogP contribution in [0, 0.1) is 0 Å². The van der Waals surface area contributed by atoms with E-state index in [9.17, 15) is 9.90 Å². The SMILES string of the molecule is COc1ccc(C(=O)CCN2CCC(O)(c3ccccc3)CC2)cc1. The Morgan fingerprint density at radius 1 is 1.08 bits per heavy atom. The molecular formula is C21H25NO3. The number of nitrogens with zero attached hydrogens (tertiary/aromatic N) is 1. The molecule has 132 valence electrons. The minimum Gasteiger partial charge on any atom is -0.497 e. The van der Waals surface area contributed by atoms with E-state index in [2.05, 4.69) is 4.90 Å². The Bertz CT molecular complexity index is 689. The van der Waals surface area contributed by atoms with Gasteiger partial charge in [0.2, 0.25) is 0 Å². The maximum atomic E-state index is 12.3. The van der Waals surface area contributed by atoms with Gasteiger partial charge in [-0.15, -0.1) is 0 Å². The number of methoxy groups -OCH3 is 1. The van der Waals surface area contributed by atoms with E-state index in [-0.39, 0.29) is 5.78 Å². The van der Waals surface area contributed by atoms with Crippen LogP contribution >= 0.6 is 0 Å². The summed E-state index contributed by atoms with van der Waals surface area (Å²) in [6.45, 7) is 2.35. The van der Waals surface area contributed by atoms with Gasteiger partial charge in [0.1, 0.15) is 5.75 Å². The fourth-order valence-electron chi connectivity index (χ4n) is 3.36. The van der Waals surface area contributed by atoms with Gasteiger partial charge in [-0.2, -0.15) is 0 Å². The lowest BCUT2D eigenvalue weighted by atomic mass is 9.84. The van der Waals surface area contributed by atoms with Crippen molar-refractivity contribution in [3.63, 3.8) is 0 Å². The van der Waals surface area contributed by atoms with Crippen molar-refractivity contribution in [2.45, 2.75) is 24.9 Å². The van der Waals surface area contributed by atoms with Crippen molar-refractivity contribution >= 4 is 5.78 Å². The van der Waals surface area contributed by atoms with Crippen LogP contribution in [-0.2, 0) is 5.60 Å². The van der Waals surface area contributed by atoms with Crippen LogP contribution in [0.3, 0.4) is 0 Å². The number of carbonyl (C=O) groups excluding carboxylic acids is 1. The lowest BCUT2D eigenvalue weighted by Crippen LogP contribution is -2.43. The minimum absolute atomic E-state index is 0.145. The lowest BCUT2D eigenvalue weighted by molar-refractivity contribution is -0.0256. The average Bonchev–Trinajstić information content (AvgIpc) is 2.68. The van der Waals surface area contributed by atoms with Gasteiger partial charge in [-0.3, -0.25) is 4.79 Å². The smallest absolute Gasteiger partial charge is 0.164 e. The minimum atomic E-state index is -0.738. The first-order chi connectivity index (χ1) is 12.1. The van der Waals surface area contributed by atoms with E-state index in [0.717, 1.165) is 36.5 Å². The van der Waals surface area contributed by atoms with E-state index in [0.29, 0.717) is 19.3 Å². The van der Waals surface area contributed by atoms with Gasteiger partial charge in [0.05, 0.1) is 12.7 Å². The molecule has 1 heterocycles. The number of likely N-dealkylation sites (tertiary alicyclic amines) is 1. The Morgan fingerprint density at radius 2 is 1.72 bits per heavy atom. The number of Topliss-reactive ketones (excluding diaryl/α,β-unsaturated/α-hetero) is 1. The third-order valence-electron chi connectivity index (χ3n) is 5.06. The Balaban J connectivity index is 1.50. The number of rotatable bonds is 6. The van der Waals surface area contributed by atoms with Crippen molar-refractivity contribution in [2.24, 2.45) is 0 Å². The Morgan fingerprint density at radius 3 is 2.32 bits per heavy atom. The van der Waals surface area contributed by atoms with Crippen LogP contribution in [-0.4, -0.2) is 42.5 Å². The molecule has 1 aliphatic rings. The van der Waals surface area contributed by atoms with E-state index in [1.54, 1.807) is 7.11 Å². The maximum absolute atomic E-state index is 12.3. The third kappa shape index (κ3) is 4.27. The monoisotopic (exact) mass is 339 g/mol. The number of carbonyl (C=O) groups is 1. The van der Waals surface area contributed by atoms with Crippen LogP contribution in [0.4, 0.5) is 0 Å². The largest absolute Gasteiger partial charge is 0.497 e. The van der Waals surface area contributed by atoms with Crippen molar-refractivity contribution in [3.8, 4) is 5.75 Å². The van der Waals surface area contributed by atoms with Crippen LogP contribution in [0.25, 0.3) is 0 Å². The second-order valence-corrected chi connectivity index (χ2v) is 6.64. The summed E-state index contributed by atoms with van der Waals surface area (Å²) in [5, 5.41) is 10.9. The van der Waals surface area contributed by atoms with Crippen LogP contribution in [0.1, 0.15) is 35.2 Å². The Kier molecular flexibility index (Phi) is 5.51. The summed E-state index contributed by atoms with van der Waals surface area (Å²) in [5.41, 5.74) is 0.972. The molecule has 3 rings (SSSR count). The lowest BCUT2D eigenvalue weighted by Gasteiger charge is -2.38. The van der Waals surface area contributed by atoms with Gasteiger partial charge >= 0.3 is 0 Å². The molecule has 1 N–H and O–H groups in total. The van der Waals surface area contributed by atoms with Crippen LogP contribution < -0.4 is 4.74 Å². The van der Waals surface area contributed by atoms with Gasteiger partial charge < -0.3 is 14.7 Å². The molecule has 0 aliphatic carbocycles. The average molecular weight is 339 g/mol. The molecule has 0 spiro atoms. The van der Waals surface area contributed by atoms with Crippen molar-refractivity contribution in [1.82, 2.24) is 4.90 Å². The highest BCUT2D eigenvalue weighted by Gasteiger charge is 2.33. The number of ether oxygens (including phenoxy) is 1. The summed E-state index contributed by atoms with van der Waals surface area (Å²) in [7, 11) is 1.61. The Hall–Kier alpha value is -2.17. The number of hydrogen-bond donors (Lipinski definition) is 1. The van der Waals surface area contributed by atoms with Crippen molar-refractivity contribution in [2.75, 3.05) is 26.7 Å². The predicted molar refractivity (Wildman–Crippen MR) is 98.0 cm³/mol. The fraction of sp³-hybridized carbons (Fsp3) is 0.381. The Labute approximate surface area is 149 Å². The standard InChI is InChI=1S/C21H25NO3/c1-25-19-9-7-17(8-10-19)20(23)11-14-22-15-12-21(24,13-16-22)18-5-3-2-4-6-18/h2-10,24H,11-16H2,1H3. The van der Waals surface area contributed by atoms with Crippen LogP contribution in [0.15, 0.2) is 54.6 Å². The van der Waals surface area contributed by atoms with Gasteiger partial charge in [-0.1, -0.05) is 30.3 Å². The van der Waals surface area contributed by atoms with Gasteiger partial charge in [0.25, 0.3) is 0 Å². The zero-order valence-corrected chi connectivity index (χ0v) is 14.6. The van der Waals surface area contributed by atoms with Gasteiger partial charge in [-0.05, 0) is 42.7 Å². The molecule has 1 saturated heterocycles. The van der Waals surface area contributed by atoms with Crippen molar-refractivity contribution in [1.29, 1.82) is 0 Å². The quantitative estimate of drug-likeness (QED) is 0.821. The first kappa shape index (κ1) is 17.6. The normalized spacial score (nSPS) is 17.2. The molecule has 4 nitrogen and oxygen atoms in total. The number of benzene rings is 2. The summed E-state index contributed by atoms with van der Waals surface area (Å²) < 4.78 is 5.12. The number of piperidine rings is 1. The molecular weight excluding hydrogens is 314 g/mol. The van der Waals surface area contributed by atoms with Gasteiger partial charge in [-0.25, -0.2) is 0 Å². The molecule has 0 amide bonds. The molecule has 0 aromatic heterocycles. The number of aliphatic hydroxyl groups is 1. The topological polar surface area (TPSA) is 49.8 Å². The van der Waals surface area contributed by atoms with Gasteiger partial charge in [0, 0.05) is 31.6 Å². The van der Waals surface area contributed by atoms with E-state index < -0.39 is 5.60 Å². The molecule has 2 aromatic rings. The summed E-state index contributed by atoms with van der Waals surface area (Å²) in [6, 6.07) is 17.1. The number of hydrogen-bond acceptors (Lipinski definition) is 4.